The molecule has 2 rings (SSSR count). The van der Waals surface area contributed by atoms with Crippen molar-refractivity contribution in [3.63, 3.8) is 0 Å². The number of aromatic amines is 1. The number of aromatic nitrogens is 3. The summed E-state index contributed by atoms with van der Waals surface area (Å²) in [6, 6.07) is 0.104. The lowest BCUT2D eigenvalue weighted by Crippen LogP contribution is -2.44. The maximum absolute atomic E-state index is 12.2. The van der Waals surface area contributed by atoms with Gasteiger partial charge in [0.2, 0.25) is 5.82 Å². The van der Waals surface area contributed by atoms with Gasteiger partial charge in [-0.25, -0.2) is 4.98 Å². The molecule has 1 aromatic heterocycles. The Morgan fingerprint density at radius 1 is 1.33 bits per heavy atom. The molecular weight excluding hydrogens is 266 g/mol. The number of carbonyl (C=O) groups excluding carboxylic acids is 1. The summed E-state index contributed by atoms with van der Waals surface area (Å²) in [5.74, 6) is 0.757. The molecule has 6 heteroatoms. The van der Waals surface area contributed by atoms with E-state index in [1.54, 1.807) is 0 Å². The molecule has 2 N–H and O–H groups in total. The van der Waals surface area contributed by atoms with Gasteiger partial charge in [0.15, 0.2) is 0 Å². The van der Waals surface area contributed by atoms with E-state index in [0.717, 1.165) is 25.5 Å². The number of amides is 1. The van der Waals surface area contributed by atoms with Crippen molar-refractivity contribution in [3.05, 3.63) is 11.6 Å². The van der Waals surface area contributed by atoms with E-state index in [2.05, 4.69) is 25.4 Å². The summed E-state index contributed by atoms with van der Waals surface area (Å²) in [5.41, 5.74) is -0.134. The van der Waals surface area contributed by atoms with Gasteiger partial charge in [-0.05, 0) is 32.9 Å². The molecule has 0 saturated carbocycles. The highest BCUT2D eigenvalue weighted by Crippen LogP contribution is 2.17. The second-order valence-corrected chi connectivity index (χ2v) is 6.99. The molecule has 1 fully saturated rings. The molecule has 0 spiro atoms. The Balaban J connectivity index is 1.87. The molecular formula is C15H27N5O. The molecule has 1 unspecified atom stereocenters. The fraction of sp³-hybridized carbons (Fsp3) is 0.800. The standard InChI is InChI=1S/C15H27N5O/c1-11(10-20-8-6-5-7-9-20)16-13(21)12-17-14(19-18-12)15(2,3)4/h11H,5-10H2,1-4H3,(H,16,21)(H,17,18,19). The number of hydrogen-bond acceptors (Lipinski definition) is 4. The fourth-order valence-electron chi connectivity index (χ4n) is 2.56. The van der Waals surface area contributed by atoms with E-state index < -0.39 is 0 Å². The number of hydrogen-bond donors (Lipinski definition) is 2. The number of piperidine rings is 1. The van der Waals surface area contributed by atoms with Crippen LogP contribution in [0.5, 0.6) is 0 Å². The van der Waals surface area contributed by atoms with Gasteiger partial charge in [-0.15, -0.1) is 5.10 Å². The van der Waals surface area contributed by atoms with Crippen LogP contribution in [0.15, 0.2) is 0 Å². The predicted octanol–water partition coefficient (Wildman–Crippen LogP) is 1.71. The van der Waals surface area contributed by atoms with E-state index in [1.807, 2.05) is 27.7 Å². The molecule has 1 amide bonds. The SMILES string of the molecule is CC(CN1CCCCC1)NC(=O)c1n[nH]c(C(C)(C)C)n1. The molecule has 6 nitrogen and oxygen atoms in total. The lowest BCUT2D eigenvalue weighted by Gasteiger charge is -2.29. The second-order valence-electron chi connectivity index (χ2n) is 6.99. The highest BCUT2D eigenvalue weighted by atomic mass is 16.2. The van der Waals surface area contributed by atoms with E-state index in [4.69, 9.17) is 0 Å². The van der Waals surface area contributed by atoms with Crippen LogP contribution < -0.4 is 5.32 Å². The number of rotatable bonds is 4. The Labute approximate surface area is 126 Å². The molecule has 1 saturated heterocycles. The molecule has 21 heavy (non-hydrogen) atoms. The highest BCUT2D eigenvalue weighted by Gasteiger charge is 2.22. The van der Waals surface area contributed by atoms with Crippen LogP contribution in [0.1, 0.15) is 63.4 Å². The zero-order chi connectivity index (χ0) is 15.5. The summed E-state index contributed by atoms with van der Waals surface area (Å²) in [4.78, 5) is 18.9. The summed E-state index contributed by atoms with van der Waals surface area (Å²) >= 11 is 0. The van der Waals surface area contributed by atoms with Crippen molar-refractivity contribution in [2.75, 3.05) is 19.6 Å². The van der Waals surface area contributed by atoms with Gasteiger partial charge in [-0.2, -0.15) is 0 Å². The average molecular weight is 293 g/mol. The molecule has 1 atom stereocenters. The molecule has 2 heterocycles. The fourth-order valence-corrected chi connectivity index (χ4v) is 2.56. The Hall–Kier alpha value is -1.43. The smallest absolute Gasteiger partial charge is 0.291 e. The van der Waals surface area contributed by atoms with Crippen LogP contribution in [-0.4, -0.2) is 51.7 Å². The quantitative estimate of drug-likeness (QED) is 0.886. The van der Waals surface area contributed by atoms with E-state index in [1.165, 1.54) is 19.3 Å². The molecule has 0 radical (unpaired) electrons. The highest BCUT2D eigenvalue weighted by molar-refractivity contribution is 5.90. The van der Waals surface area contributed by atoms with Gasteiger partial charge >= 0.3 is 0 Å². The molecule has 1 aliphatic rings. The van der Waals surface area contributed by atoms with Crippen molar-refractivity contribution < 1.29 is 4.79 Å². The summed E-state index contributed by atoms with van der Waals surface area (Å²) in [5, 5.41) is 9.85. The normalized spacial score (nSPS) is 18.5. The molecule has 118 valence electrons. The number of H-pyrrole nitrogens is 1. The molecule has 1 aromatic rings. The van der Waals surface area contributed by atoms with E-state index in [0.29, 0.717) is 0 Å². The van der Waals surface area contributed by atoms with Gasteiger partial charge in [0.1, 0.15) is 5.82 Å². The first-order valence-corrected chi connectivity index (χ1v) is 7.82. The zero-order valence-electron chi connectivity index (χ0n) is 13.6. The third-order valence-electron chi connectivity index (χ3n) is 3.76. The Morgan fingerprint density at radius 3 is 2.57 bits per heavy atom. The first-order chi connectivity index (χ1) is 9.86. The lowest BCUT2D eigenvalue weighted by atomic mass is 9.96. The number of nitrogens with zero attached hydrogens (tertiary/aromatic N) is 3. The number of carbonyl (C=O) groups is 1. The van der Waals surface area contributed by atoms with E-state index in [-0.39, 0.29) is 23.2 Å². The van der Waals surface area contributed by atoms with Crippen LogP contribution in [0.4, 0.5) is 0 Å². The van der Waals surface area contributed by atoms with Crippen LogP contribution in [0.2, 0.25) is 0 Å². The molecule has 1 aliphatic heterocycles. The zero-order valence-corrected chi connectivity index (χ0v) is 13.6. The van der Waals surface area contributed by atoms with Gasteiger partial charge in [-0.1, -0.05) is 27.2 Å². The van der Waals surface area contributed by atoms with Crippen LogP contribution >= 0.6 is 0 Å². The summed E-state index contributed by atoms with van der Waals surface area (Å²) in [7, 11) is 0. The molecule has 0 aromatic carbocycles. The first kappa shape index (κ1) is 15.9. The third-order valence-corrected chi connectivity index (χ3v) is 3.76. The Bertz CT molecular complexity index is 471. The van der Waals surface area contributed by atoms with Gasteiger partial charge in [0.25, 0.3) is 5.91 Å². The second kappa shape index (κ2) is 6.56. The third kappa shape index (κ3) is 4.52. The Kier molecular flexibility index (Phi) is 4.98. The van der Waals surface area contributed by atoms with Gasteiger partial charge < -0.3 is 10.2 Å². The number of likely N-dealkylation sites (tertiary alicyclic amines) is 1. The van der Waals surface area contributed by atoms with Crippen LogP contribution in [-0.2, 0) is 5.41 Å². The minimum atomic E-state index is -0.203. The van der Waals surface area contributed by atoms with E-state index >= 15 is 0 Å². The first-order valence-electron chi connectivity index (χ1n) is 7.82. The minimum Gasteiger partial charge on any atom is -0.346 e. The molecule has 0 aliphatic carbocycles. The lowest BCUT2D eigenvalue weighted by molar-refractivity contribution is 0.0915. The summed E-state index contributed by atoms with van der Waals surface area (Å²) in [6.07, 6.45) is 3.84. The van der Waals surface area contributed by atoms with Gasteiger partial charge in [-0.3, -0.25) is 9.89 Å². The Morgan fingerprint density at radius 2 is 2.00 bits per heavy atom. The van der Waals surface area contributed by atoms with Crippen molar-refractivity contribution in [2.24, 2.45) is 0 Å². The maximum Gasteiger partial charge on any atom is 0.291 e. The van der Waals surface area contributed by atoms with Crippen molar-refractivity contribution in [1.29, 1.82) is 0 Å². The van der Waals surface area contributed by atoms with Crippen molar-refractivity contribution >= 4 is 5.91 Å². The topological polar surface area (TPSA) is 73.9 Å². The minimum absolute atomic E-state index is 0.104. The van der Waals surface area contributed by atoms with Crippen molar-refractivity contribution in [1.82, 2.24) is 25.4 Å². The van der Waals surface area contributed by atoms with Crippen LogP contribution in [0.3, 0.4) is 0 Å². The van der Waals surface area contributed by atoms with Crippen LogP contribution in [0.25, 0.3) is 0 Å². The largest absolute Gasteiger partial charge is 0.346 e. The summed E-state index contributed by atoms with van der Waals surface area (Å²) in [6.45, 7) is 11.3. The number of nitrogens with one attached hydrogen (secondary N) is 2. The van der Waals surface area contributed by atoms with Crippen LogP contribution in [0, 0.1) is 0 Å². The van der Waals surface area contributed by atoms with E-state index in [9.17, 15) is 4.79 Å². The van der Waals surface area contributed by atoms with Crippen molar-refractivity contribution in [2.45, 2.75) is 58.4 Å². The maximum atomic E-state index is 12.2. The predicted molar refractivity (Wildman–Crippen MR) is 82.3 cm³/mol. The average Bonchev–Trinajstić information content (AvgIpc) is 2.89. The monoisotopic (exact) mass is 293 g/mol. The molecule has 0 bridgehead atoms. The summed E-state index contributed by atoms with van der Waals surface area (Å²) < 4.78 is 0. The van der Waals surface area contributed by atoms with Gasteiger partial charge in [0, 0.05) is 18.0 Å². The van der Waals surface area contributed by atoms with Gasteiger partial charge in [0.05, 0.1) is 0 Å². The van der Waals surface area contributed by atoms with Crippen molar-refractivity contribution in [3.8, 4) is 0 Å².